The van der Waals surface area contributed by atoms with Gasteiger partial charge in [-0.15, -0.1) is 11.3 Å². The third kappa shape index (κ3) is 2.70. The van der Waals surface area contributed by atoms with Crippen LogP contribution >= 0.6 is 11.3 Å². The lowest BCUT2D eigenvalue weighted by Crippen LogP contribution is -2.27. The fourth-order valence-electron chi connectivity index (χ4n) is 1.93. The van der Waals surface area contributed by atoms with Crippen molar-refractivity contribution in [2.75, 3.05) is 6.54 Å². The molecule has 1 aliphatic rings. The van der Waals surface area contributed by atoms with Crippen molar-refractivity contribution in [3.63, 3.8) is 0 Å². The van der Waals surface area contributed by atoms with Crippen molar-refractivity contribution in [1.29, 1.82) is 0 Å². The highest BCUT2D eigenvalue weighted by atomic mass is 32.2. The summed E-state index contributed by atoms with van der Waals surface area (Å²) in [5, 5.41) is 10.9. The van der Waals surface area contributed by atoms with Crippen LogP contribution in [0.15, 0.2) is 10.3 Å². The molecular weight excluding hydrogens is 258 g/mol. The molecule has 0 amide bonds. The lowest BCUT2D eigenvalue weighted by molar-refractivity contribution is 0.282. The van der Waals surface area contributed by atoms with E-state index < -0.39 is 10.0 Å². The molecule has 2 rings (SSSR count). The van der Waals surface area contributed by atoms with Crippen LogP contribution in [0.3, 0.4) is 0 Å². The van der Waals surface area contributed by atoms with Crippen LogP contribution in [-0.2, 0) is 16.6 Å². The number of thiophene rings is 1. The van der Waals surface area contributed by atoms with E-state index in [1.54, 1.807) is 12.3 Å². The highest BCUT2D eigenvalue weighted by Crippen LogP contribution is 2.37. The minimum Gasteiger partial charge on any atom is -0.391 e. The monoisotopic (exact) mass is 275 g/mol. The minimum absolute atomic E-state index is 0.228. The van der Waals surface area contributed by atoms with Crippen LogP contribution in [0, 0.1) is 18.8 Å². The second-order valence-corrected chi connectivity index (χ2v) is 7.32. The normalized spacial score (nSPS) is 23.9. The number of aliphatic hydroxyl groups is 1. The highest BCUT2D eigenvalue weighted by molar-refractivity contribution is 7.89. The van der Waals surface area contributed by atoms with Crippen LogP contribution in [0.4, 0.5) is 0 Å². The van der Waals surface area contributed by atoms with Crippen LogP contribution in [0.2, 0.25) is 0 Å². The van der Waals surface area contributed by atoms with Gasteiger partial charge < -0.3 is 5.11 Å². The Kier molecular flexibility index (Phi) is 3.58. The zero-order valence-electron chi connectivity index (χ0n) is 9.93. The van der Waals surface area contributed by atoms with Gasteiger partial charge in [0.25, 0.3) is 0 Å². The maximum Gasteiger partial charge on any atom is 0.242 e. The molecule has 17 heavy (non-hydrogen) atoms. The molecule has 1 heterocycles. The van der Waals surface area contributed by atoms with Crippen LogP contribution in [0.1, 0.15) is 23.8 Å². The lowest BCUT2D eigenvalue weighted by Gasteiger charge is -2.07. The Labute approximate surface area is 106 Å². The first-order valence-electron chi connectivity index (χ1n) is 5.63. The summed E-state index contributed by atoms with van der Waals surface area (Å²) in [6.45, 7) is 4.15. The Morgan fingerprint density at radius 1 is 1.59 bits per heavy atom. The standard InChI is InChI=1S/C11H17NO3S2/c1-7-3-9(7)4-12-17(14,15)11-8(2)6-16-10(11)5-13/h6-7,9,12-13H,3-5H2,1-2H3. The number of sulfonamides is 1. The summed E-state index contributed by atoms with van der Waals surface area (Å²) in [6.07, 6.45) is 1.10. The molecule has 1 saturated carbocycles. The Hall–Kier alpha value is -0.430. The van der Waals surface area contributed by atoms with Crippen LogP contribution in [0.5, 0.6) is 0 Å². The van der Waals surface area contributed by atoms with Gasteiger partial charge in [-0.1, -0.05) is 6.92 Å². The number of nitrogens with one attached hydrogen (secondary N) is 1. The molecule has 1 aromatic heterocycles. The summed E-state index contributed by atoms with van der Waals surface area (Å²) < 4.78 is 26.9. The van der Waals surface area contributed by atoms with Gasteiger partial charge in [-0.25, -0.2) is 13.1 Å². The molecular formula is C11H17NO3S2. The summed E-state index contributed by atoms with van der Waals surface area (Å²) in [5.74, 6) is 1.10. The number of hydrogen-bond acceptors (Lipinski definition) is 4. The molecule has 1 aromatic rings. The highest BCUT2D eigenvalue weighted by Gasteiger charge is 2.34. The predicted molar refractivity (Wildman–Crippen MR) is 67.4 cm³/mol. The topological polar surface area (TPSA) is 66.4 Å². The van der Waals surface area contributed by atoms with Crippen LogP contribution < -0.4 is 4.72 Å². The van der Waals surface area contributed by atoms with Crippen molar-refractivity contribution in [1.82, 2.24) is 4.72 Å². The van der Waals surface area contributed by atoms with Gasteiger partial charge >= 0.3 is 0 Å². The van der Waals surface area contributed by atoms with E-state index in [0.29, 0.717) is 28.8 Å². The minimum atomic E-state index is -3.47. The molecule has 96 valence electrons. The smallest absolute Gasteiger partial charge is 0.242 e. The SMILES string of the molecule is Cc1csc(CO)c1S(=O)(=O)NCC1CC1C. The van der Waals surface area contributed by atoms with E-state index in [0.717, 1.165) is 6.42 Å². The van der Waals surface area contributed by atoms with Crippen molar-refractivity contribution in [3.8, 4) is 0 Å². The fourth-order valence-corrected chi connectivity index (χ4v) is 4.68. The molecule has 0 saturated heterocycles. The number of aryl methyl sites for hydroxylation is 1. The van der Waals surface area contributed by atoms with Gasteiger partial charge in [0.15, 0.2) is 0 Å². The Morgan fingerprint density at radius 3 is 2.76 bits per heavy atom. The van der Waals surface area contributed by atoms with Crippen molar-refractivity contribution < 1.29 is 13.5 Å². The summed E-state index contributed by atoms with van der Waals surface area (Å²) in [5.41, 5.74) is 0.704. The summed E-state index contributed by atoms with van der Waals surface area (Å²) in [4.78, 5) is 0.775. The lowest BCUT2D eigenvalue weighted by atomic mass is 10.3. The third-order valence-corrected chi connectivity index (χ3v) is 6.08. The molecule has 4 nitrogen and oxygen atoms in total. The Balaban J connectivity index is 2.15. The first kappa shape index (κ1) is 13.0. The van der Waals surface area contributed by atoms with Gasteiger partial charge in [-0.2, -0.15) is 0 Å². The van der Waals surface area contributed by atoms with Crippen LogP contribution in [0.25, 0.3) is 0 Å². The van der Waals surface area contributed by atoms with E-state index in [9.17, 15) is 8.42 Å². The van der Waals surface area contributed by atoms with Crippen molar-refractivity contribution >= 4 is 21.4 Å². The second-order valence-electron chi connectivity index (χ2n) is 4.65. The molecule has 6 heteroatoms. The first-order valence-corrected chi connectivity index (χ1v) is 7.99. The predicted octanol–water partition coefficient (Wildman–Crippen LogP) is 1.48. The molecule has 0 radical (unpaired) electrons. The van der Waals surface area contributed by atoms with E-state index in [1.807, 2.05) is 0 Å². The van der Waals surface area contributed by atoms with E-state index in [4.69, 9.17) is 5.11 Å². The molecule has 0 aromatic carbocycles. The Morgan fingerprint density at radius 2 is 2.24 bits per heavy atom. The van der Waals surface area contributed by atoms with Gasteiger partial charge in [-0.3, -0.25) is 0 Å². The van der Waals surface area contributed by atoms with Gasteiger partial charge in [0.05, 0.1) is 11.5 Å². The summed E-state index contributed by atoms with van der Waals surface area (Å²) in [6, 6.07) is 0. The number of rotatable bonds is 5. The molecule has 0 aliphatic heterocycles. The van der Waals surface area contributed by atoms with Gasteiger partial charge in [-0.05, 0) is 36.1 Å². The number of hydrogen-bond donors (Lipinski definition) is 2. The molecule has 1 aliphatic carbocycles. The second kappa shape index (κ2) is 4.68. The van der Waals surface area contributed by atoms with E-state index in [1.165, 1.54) is 11.3 Å². The maximum atomic E-state index is 12.1. The zero-order chi connectivity index (χ0) is 12.6. The third-order valence-electron chi connectivity index (χ3n) is 3.21. The van der Waals surface area contributed by atoms with Crippen molar-refractivity contribution in [3.05, 3.63) is 15.8 Å². The molecule has 1 fully saturated rings. The quantitative estimate of drug-likeness (QED) is 0.855. The summed E-state index contributed by atoms with van der Waals surface area (Å²) >= 11 is 1.28. The fraction of sp³-hybridized carbons (Fsp3) is 0.636. The molecule has 0 spiro atoms. The van der Waals surface area contributed by atoms with Crippen molar-refractivity contribution in [2.45, 2.75) is 31.8 Å². The first-order chi connectivity index (χ1) is 7.95. The molecule has 0 bridgehead atoms. The molecule has 2 atom stereocenters. The molecule has 2 unspecified atom stereocenters. The van der Waals surface area contributed by atoms with Gasteiger partial charge in [0, 0.05) is 6.54 Å². The van der Waals surface area contributed by atoms with Gasteiger partial charge in [0.2, 0.25) is 10.0 Å². The Bertz CT molecular complexity index is 507. The average molecular weight is 275 g/mol. The van der Waals surface area contributed by atoms with Crippen LogP contribution in [-0.4, -0.2) is 20.1 Å². The maximum absolute atomic E-state index is 12.1. The zero-order valence-corrected chi connectivity index (χ0v) is 11.6. The summed E-state index contributed by atoms with van der Waals surface area (Å²) in [7, 11) is -3.47. The van der Waals surface area contributed by atoms with E-state index in [2.05, 4.69) is 11.6 Å². The van der Waals surface area contributed by atoms with E-state index >= 15 is 0 Å². The van der Waals surface area contributed by atoms with Gasteiger partial charge in [0.1, 0.15) is 4.90 Å². The van der Waals surface area contributed by atoms with E-state index in [-0.39, 0.29) is 11.5 Å². The largest absolute Gasteiger partial charge is 0.391 e. The van der Waals surface area contributed by atoms with Crippen molar-refractivity contribution in [2.24, 2.45) is 11.8 Å². The number of aliphatic hydroxyl groups excluding tert-OH is 1. The molecule has 2 N–H and O–H groups in total. The average Bonchev–Trinajstić information content (AvgIpc) is 2.82.